The molecule has 244 valence electrons. The number of ether oxygens (including phenoxy) is 1. The van der Waals surface area contributed by atoms with Gasteiger partial charge < -0.3 is 15.4 Å². The first-order valence-electron chi connectivity index (χ1n) is 15.2. The second-order valence-electron chi connectivity index (χ2n) is 11.8. The summed E-state index contributed by atoms with van der Waals surface area (Å²) < 4.78 is 47.5. The van der Waals surface area contributed by atoms with Gasteiger partial charge in [-0.15, -0.1) is 0 Å². The van der Waals surface area contributed by atoms with E-state index in [1.165, 1.54) is 17.8 Å². The molecule has 4 heterocycles. The molecule has 0 aliphatic carbocycles. The van der Waals surface area contributed by atoms with Crippen LogP contribution in [-0.2, 0) is 17.7 Å². The van der Waals surface area contributed by atoms with Crippen LogP contribution in [0.2, 0.25) is 10.0 Å². The van der Waals surface area contributed by atoms with Crippen LogP contribution < -0.4 is 16.2 Å². The highest BCUT2D eigenvalue weighted by molar-refractivity contribution is 8.14. The second-order valence-corrected chi connectivity index (χ2v) is 14.6. The number of hydrogen-bond acceptors (Lipinski definition) is 6. The maximum absolute atomic E-state index is 13.8. The molecule has 2 aromatic heterocycles. The topological polar surface area (TPSA) is 81.1 Å². The van der Waals surface area contributed by atoms with E-state index in [1.807, 2.05) is 24.3 Å². The van der Waals surface area contributed by atoms with Crippen molar-refractivity contribution in [2.24, 2.45) is 5.92 Å². The van der Waals surface area contributed by atoms with Crippen molar-refractivity contribution in [1.82, 2.24) is 19.9 Å². The van der Waals surface area contributed by atoms with Crippen LogP contribution in [0.1, 0.15) is 31.2 Å². The molecule has 2 fully saturated rings. The second kappa shape index (κ2) is 14.0. The number of halogens is 5. The third kappa shape index (κ3) is 7.60. The van der Waals surface area contributed by atoms with Gasteiger partial charge in [-0.05, 0) is 87.0 Å². The van der Waals surface area contributed by atoms with Gasteiger partial charge in [-0.2, -0.15) is 28.6 Å². The van der Waals surface area contributed by atoms with E-state index < -0.39 is 28.8 Å². The van der Waals surface area contributed by atoms with Crippen molar-refractivity contribution in [2.75, 3.05) is 31.6 Å². The summed E-state index contributed by atoms with van der Waals surface area (Å²) in [7, 11) is -0.434. The lowest BCUT2D eigenvalue weighted by Crippen LogP contribution is -2.30. The highest BCUT2D eigenvalue weighted by Gasteiger charge is 2.31. The molecule has 0 bridgehead atoms. The van der Waals surface area contributed by atoms with E-state index >= 15 is 0 Å². The number of pyridine rings is 1. The van der Waals surface area contributed by atoms with Gasteiger partial charge in [-0.3, -0.25) is 9.36 Å². The van der Waals surface area contributed by atoms with Gasteiger partial charge in [0.05, 0.1) is 15.6 Å². The van der Waals surface area contributed by atoms with Gasteiger partial charge in [0.1, 0.15) is 12.2 Å². The first kappa shape index (κ1) is 33.0. The predicted octanol–water partition coefficient (Wildman–Crippen LogP) is 7.85. The van der Waals surface area contributed by atoms with Crippen molar-refractivity contribution in [2.45, 2.75) is 55.0 Å². The standard InChI is InChI=1S/C33H34Cl2F3N5O2S/c1-46(24-8-12-45-13-9-24)25-16-27(34)29(28(35)17-25)26-15-22-18-40-32(42-30(22)43(31(26)44)19-33(36,37)38)41-23-4-2-20(3-5-23)14-21-6-10-39-11-7-21/h2-5,15-18,21,24,39H,1,6-14,19H2,(H,40,41,42). The average Bonchev–Trinajstić information content (AvgIpc) is 3.03. The fourth-order valence-electron chi connectivity index (χ4n) is 6.11. The number of aromatic nitrogens is 3. The van der Waals surface area contributed by atoms with Crippen molar-refractivity contribution in [3.63, 3.8) is 0 Å². The SMILES string of the molecule is C=S(c1cc(Cl)c(-c2cc3cnc(Nc4ccc(CC5CCNCC5)cc4)nc3n(CC(F)(F)F)c2=O)c(Cl)c1)C1CCOCC1. The molecular formula is C33H34Cl2F3N5O2S. The van der Waals surface area contributed by atoms with Crippen LogP contribution in [0.5, 0.6) is 0 Å². The van der Waals surface area contributed by atoms with Crippen LogP contribution in [0.3, 0.4) is 0 Å². The molecule has 4 aromatic rings. The normalized spacial score (nSPS) is 17.3. The van der Waals surface area contributed by atoms with Crippen molar-refractivity contribution in [3.05, 3.63) is 74.6 Å². The Morgan fingerprint density at radius 2 is 1.72 bits per heavy atom. The molecule has 6 rings (SSSR count). The number of piperidine rings is 1. The van der Waals surface area contributed by atoms with Gasteiger partial charge >= 0.3 is 6.18 Å². The van der Waals surface area contributed by atoms with Crippen LogP contribution in [0.4, 0.5) is 24.8 Å². The minimum Gasteiger partial charge on any atom is -0.381 e. The molecule has 0 amide bonds. The molecule has 1 unspecified atom stereocenters. The summed E-state index contributed by atoms with van der Waals surface area (Å²) >= 11 is 13.4. The van der Waals surface area contributed by atoms with Crippen molar-refractivity contribution in [3.8, 4) is 11.1 Å². The smallest absolute Gasteiger partial charge is 0.381 e. The van der Waals surface area contributed by atoms with E-state index in [9.17, 15) is 18.0 Å². The van der Waals surface area contributed by atoms with Crippen molar-refractivity contribution < 1.29 is 17.9 Å². The molecule has 0 spiro atoms. The summed E-state index contributed by atoms with van der Waals surface area (Å²) in [5.41, 5.74) is 0.912. The van der Waals surface area contributed by atoms with E-state index in [0.717, 1.165) is 50.1 Å². The Morgan fingerprint density at radius 3 is 2.37 bits per heavy atom. The van der Waals surface area contributed by atoms with Crippen molar-refractivity contribution in [1.29, 1.82) is 0 Å². The molecule has 2 saturated heterocycles. The maximum atomic E-state index is 13.8. The molecule has 2 aliphatic rings. The Kier molecular flexibility index (Phi) is 10.1. The number of rotatable bonds is 8. The van der Waals surface area contributed by atoms with E-state index in [2.05, 4.69) is 26.5 Å². The Labute approximate surface area is 277 Å². The van der Waals surface area contributed by atoms with E-state index in [0.29, 0.717) is 34.6 Å². The van der Waals surface area contributed by atoms with Gasteiger partial charge in [0.15, 0.2) is 0 Å². The molecule has 1 atom stereocenters. The number of fused-ring (bicyclic) bond motifs is 1. The third-order valence-electron chi connectivity index (χ3n) is 8.52. The fraction of sp³-hybridized carbons (Fsp3) is 0.394. The van der Waals surface area contributed by atoms with Crippen LogP contribution in [0, 0.1) is 5.92 Å². The lowest BCUT2D eigenvalue weighted by Gasteiger charge is -2.25. The Balaban J connectivity index is 1.32. The molecule has 0 saturated carbocycles. The summed E-state index contributed by atoms with van der Waals surface area (Å²) in [6.07, 6.45) is 1.69. The number of nitrogens with zero attached hydrogens (tertiary/aromatic N) is 3. The zero-order valence-corrected chi connectivity index (χ0v) is 27.3. The molecule has 0 radical (unpaired) electrons. The summed E-state index contributed by atoms with van der Waals surface area (Å²) in [6, 6.07) is 12.7. The summed E-state index contributed by atoms with van der Waals surface area (Å²) in [5, 5.41) is 7.29. The lowest BCUT2D eigenvalue weighted by molar-refractivity contribution is -0.140. The Bertz CT molecular complexity index is 1780. The molecule has 13 heteroatoms. The van der Waals surface area contributed by atoms with Gasteiger partial charge in [0, 0.05) is 46.2 Å². The number of hydrogen-bond donors (Lipinski definition) is 2. The first-order chi connectivity index (χ1) is 22.1. The van der Waals surface area contributed by atoms with E-state index in [-0.39, 0.29) is 38.2 Å². The minimum absolute atomic E-state index is 0.0673. The number of alkyl halides is 3. The number of nitrogens with one attached hydrogen (secondary N) is 2. The Hall–Kier alpha value is -2.96. The highest BCUT2D eigenvalue weighted by atomic mass is 35.5. The highest BCUT2D eigenvalue weighted by Crippen LogP contribution is 2.42. The molecule has 2 N–H and O–H groups in total. The van der Waals surface area contributed by atoms with E-state index in [1.54, 1.807) is 12.1 Å². The maximum Gasteiger partial charge on any atom is 0.406 e. The molecule has 46 heavy (non-hydrogen) atoms. The zero-order chi connectivity index (χ0) is 32.4. The van der Waals surface area contributed by atoms with Gasteiger partial charge in [-0.25, -0.2) is 4.98 Å². The van der Waals surface area contributed by atoms with Crippen LogP contribution in [0.15, 0.2) is 58.4 Å². The third-order valence-corrected chi connectivity index (χ3v) is 11.2. The van der Waals surface area contributed by atoms with Gasteiger partial charge in [-0.1, -0.05) is 41.2 Å². The summed E-state index contributed by atoms with van der Waals surface area (Å²) in [5.74, 6) is 5.04. The van der Waals surface area contributed by atoms with Crippen LogP contribution in [0.25, 0.3) is 22.2 Å². The van der Waals surface area contributed by atoms with Gasteiger partial charge in [0.2, 0.25) is 5.95 Å². The first-order valence-corrected chi connectivity index (χ1v) is 17.4. The number of benzene rings is 2. The van der Waals surface area contributed by atoms with Gasteiger partial charge in [0.25, 0.3) is 5.56 Å². The molecular weight excluding hydrogens is 658 g/mol. The summed E-state index contributed by atoms with van der Waals surface area (Å²) in [4.78, 5) is 23.3. The lowest BCUT2D eigenvalue weighted by atomic mass is 9.91. The zero-order valence-electron chi connectivity index (χ0n) is 25.0. The van der Waals surface area contributed by atoms with Crippen LogP contribution >= 0.6 is 33.7 Å². The minimum atomic E-state index is -4.69. The number of anilines is 2. The quantitative estimate of drug-likeness (QED) is 0.183. The van der Waals surface area contributed by atoms with Crippen LogP contribution in [-0.4, -0.2) is 58.1 Å². The average molecular weight is 693 g/mol. The molecule has 2 aromatic carbocycles. The molecule has 2 aliphatic heterocycles. The summed E-state index contributed by atoms with van der Waals surface area (Å²) in [6.45, 7) is 1.83. The largest absolute Gasteiger partial charge is 0.406 e. The fourth-order valence-corrected chi connectivity index (χ4v) is 8.61. The monoisotopic (exact) mass is 691 g/mol. The molecule has 7 nitrogen and oxygen atoms in total. The van der Waals surface area contributed by atoms with Crippen molar-refractivity contribution >= 4 is 62.2 Å². The predicted molar refractivity (Wildman–Crippen MR) is 181 cm³/mol. The van der Waals surface area contributed by atoms with E-state index in [4.69, 9.17) is 27.9 Å². The Morgan fingerprint density at radius 1 is 1.04 bits per heavy atom.